The fourth-order valence-corrected chi connectivity index (χ4v) is 1.44. The summed E-state index contributed by atoms with van der Waals surface area (Å²) < 4.78 is 0. The monoisotopic (exact) mass is 363 g/mol. The molecule has 3 heteroatoms. The third kappa shape index (κ3) is 3.66. The summed E-state index contributed by atoms with van der Waals surface area (Å²) in [5, 5.41) is 0. The molecule has 0 spiro atoms. The van der Waals surface area contributed by atoms with E-state index in [-0.39, 0.29) is 49.4 Å². The van der Waals surface area contributed by atoms with Gasteiger partial charge in [-0.25, -0.2) is 0 Å². The molecule has 0 amide bonds. The van der Waals surface area contributed by atoms with E-state index in [2.05, 4.69) is 0 Å². The summed E-state index contributed by atoms with van der Waals surface area (Å²) in [6, 6.07) is 17.2. The Kier molecular flexibility index (Phi) is 5.89. The van der Waals surface area contributed by atoms with Crippen LogP contribution in [0.4, 0.5) is 0 Å². The van der Waals surface area contributed by atoms with Crippen LogP contribution in [0.5, 0.6) is 0 Å². The summed E-state index contributed by atoms with van der Waals surface area (Å²) in [5.41, 5.74) is 0.854. The standard InChI is InChI=1S/C14H10O2.Eu/c15-13(11-7-3-1-4-8-11)14(16)12-9-5-2-6-10-12;/h1-10H;. The molecule has 1 radical (unpaired) electrons. The first-order valence-electron chi connectivity index (χ1n) is 4.98. The van der Waals surface area contributed by atoms with Crippen molar-refractivity contribution in [3.8, 4) is 0 Å². The zero-order chi connectivity index (χ0) is 11.4. The van der Waals surface area contributed by atoms with Crippen LogP contribution in [-0.2, 0) is 0 Å². The topological polar surface area (TPSA) is 34.1 Å². The molecule has 2 nitrogen and oxygen atoms in total. The average molecular weight is 362 g/mol. The van der Waals surface area contributed by atoms with Crippen molar-refractivity contribution >= 4 is 11.6 Å². The van der Waals surface area contributed by atoms with Crippen molar-refractivity contribution in [3.63, 3.8) is 0 Å². The third-order valence-corrected chi connectivity index (χ3v) is 2.28. The molecule has 0 unspecified atom stereocenters. The summed E-state index contributed by atoms with van der Waals surface area (Å²) in [7, 11) is 0. The first-order valence-corrected chi connectivity index (χ1v) is 4.98. The predicted molar refractivity (Wildman–Crippen MR) is 61.5 cm³/mol. The van der Waals surface area contributed by atoms with Crippen molar-refractivity contribution in [2.24, 2.45) is 0 Å². The summed E-state index contributed by atoms with van der Waals surface area (Å²) >= 11 is 0. The number of hydrogen-bond acceptors (Lipinski definition) is 2. The first kappa shape index (κ1) is 14.4. The third-order valence-electron chi connectivity index (χ3n) is 2.28. The number of Topliss-reactive ketones (excluding diaryl/α,β-unsaturated/α-hetero) is 2. The van der Waals surface area contributed by atoms with E-state index in [1.54, 1.807) is 48.5 Å². The van der Waals surface area contributed by atoms with Crippen LogP contribution in [0.25, 0.3) is 0 Å². The minimum atomic E-state index is -0.466. The molecule has 2 aromatic rings. The van der Waals surface area contributed by atoms with Gasteiger partial charge in [0.2, 0.25) is 11.6 Å². The van der Waals surface area contributed by atoms with E-state index in [0.29, 0.717) is 11.1 Å². The van der Waals surface area contributed by atoms with E-state index in [4.69, 9.17) is 0 Å². The van der Waals surface area contributed by atoms with Gasteiger partial charge < -0.3 is 0 Å². The SMILES string of the molecule is O=C(C(=O)c1ccccc1)c1ccccc1.[Eu]. The van der Waals surface area contributed by atoms with Crippen molar-refractivity contribution in [1.29, 1.82) is 0 Å². The molecular formula is C14H10EuO2. The molecule has 0 aliphatic heterocycles. The molecular weight excluding hydrogens is 352 g/mol. The fourth-order valence-electron chi connectivity index (χ4n) is 1.44. The Morgan fingerprint density at radius 3 is 1.18 bits per heavy atom. The molecule has 0 saturated heterocycles. The van der Waals surface area contributed by atoms with Gasteiger partial charge in [-0.3, -0.25) is 9.59 Å². The van der Waals surface area contributed by atoms with Crippen LogP contribution in [0, 0.1) is 49.4 Å². The number of hydrogen-bond donors (Lipinski definition) is 0. The maximum atomic E-state index is 11.8. The molecule has 2 aromatic carbocycles. The van der Waals surface area contributed by atoms with E-state index in [9.17, 15) is 9.59 Å². The molecule has 0 aliphatic rings. The van der Waals surface area contributed by atoms with Gasteiger partial charge in [-0.1, -0.05) is 60.7 Å². The van der Waals surface area contributed by atoms with E-state index >= 15 is 0 Å². The fraction of sp³-hybridized carbons (Fsp3) is 0. The van der Waals surface area contributed by atoms with Gasteiger partial charge in [-0.15, -0.1) is 0 Å². The van der Waals surface area contributed by atoms with Crippen LogP contribution < -0.4 is 0 Å². The molecule has 0 bridgehead atoms. The normalized spacial score (nSPS) is 9.18. The molecule has 0 aromatic heterocycles. The van der Waals surface area contributed by atoms with Crippen LogP contribution >= 0.6 is 0 Å². The molecule has 0 heterocycles. The maximum Gasteiger partial charge on any atom is 0.233 e. The zero-order valence-electron chi connectivity index (χ0n) is 8.97. The Morgan fingerprint density at radius 2 is 0.882 bits per heavy atom. The molecule has 0 saturated carbocycles. The first-order chi connectivity index (χ1) is 7.79. The maximum absolute atomic E-state index is 11.8. The minimum Gasteiger partial charge on any atom is -0.285 e. The molecule has 0 N–H and O–H groups in total. The van der Waals surface area contributed by atoms with Crippen molar-refractivity contribution in [2.75, 3.05) is 0 Å². The van der Waals surface area contributed by atoms with Gasteiger partial charge in [-0.05, 0) is 0 Å². The predicted octanol–water partition coefficient (Wildman–Crippen LogP) is 2.75. The van der Waals surface area contributed by atoms with Gasteiger partial charge in [0.05, 0.1) is 0 Å². The number of rotatable bonds is 3. The van der Waals surface area contributed by atoms with Gasteiger partial charge in [0.1, 0.15) is 0 Å². The summed E-state index contributed by atoms with van der Waals surface area (Å²) in [6.07, 6.45) is 0. The van der Waals surface area contributed by atoms with Crippen LogP contribution in [0.1, 0.15) is 20.7 Å². The second kappa shape index (κ2) is 6.95. The van der Waals surface area contributed by atoms with E-state index in [0.717, 1.165) is 0 Å². The van der Waals surface area contributed by atoms with Crippen molar-refractivity contribution in [3.05, 3.63) is 71.8 Å². The Labute approximate surface area is 141 Å². The number of carbonyl (C=O) groups excluding carboxylic acids is 2. The second-order valence-electron chi connectivity index (χ2n) is 3.39. The molecule has 2 rings (SSSR count). The zero-order valence-corrected chi connectivity index (χ0v) is 11.4. The minimum absolute atomic E-state index is 0. The van der Waals surface area contributed by atoms with Gasteiger partial charge in [0.15, 0.2) is 0 Å². The summed E-state index contributed by atoms with van der Waals surface area (Å²) in [4.78, 5) is 23.6. The Hall–Kier alpha value is -0.636. The smallest absolute Gasteiger partial charge is 0.233 e. The largest absolute Gasteiger partial charge is 0.285 e. The average Bonchev–Trinajstić information content (AvgIpc) is 2.39. The summed E-state index contributed by atoms with van der Waals surface area (Å²) in [6.45, 7) is 0. The molecule has 0 aliphatic carbocycles. The van der Waals surface area contributed by atoms with Crippen molar-refractivity contribution < 1.29 is 59.0 Å². The van der Waals surface area contributed by atoms with E-state index < -0.39 is 11.6 Å². The van der Waals surface area contributed by atoms with Gasteiger partial charge in [0.25, 0.3) is 0 Å². The van der Waals surface area contributed by atoms with Crippen LogP contribution in [0.2, 0.25) is 0 Å². The van der Waals surface area contributed by atoms with Crippen molar-refractivity contribution in [1.82, 2.24) is 0 Å². The molecule has 0 fully saturated rings. The number of ketones is 2. The van der Waals surface area contributed by atoms with Crippen molar-refractivity contribution in [2.45, 2.75) is 0 Å². The van der Waals surface area contributed by atoms with Gasteiger partial charge in [0, 0.05) is 60.5 Å². The summed E-state index contributed by atoms with van der Waals surface area (Å²) in [5.74, 6) is -0.932. The van der Waals surface area contributed by atoms with Gasteiger partial charge in [-0.2, -0.15) is 0 Å². The Morgan fingerprint density at radius 1 is 0.588 bits per heavy atom. The van der Waals surface area contributed by atoms with Crippen LogP contribution in [0.15, 0.2) is 60.7 Å². The van der Waals surface area contributed by atoms with E-state index in [1.807, 2.05) is 12.1 Å². The second-order valence-corrected chi connectivity index (χ2v) is 3.39. The quantitative estimate of drug-likeness (QED) is 0.622. The molecule has 0 atom stereocenters. The van der Waals surface area contributed by atoms with Crippen LogP contribution in [0.3, 0.4) is 0 Å². The van der Waals surface area contributed by atoms with Crippen LogP contribution in [-0.4, -0.2) is 11.6 Å². The molecule has 85 valence electrons. The van der Waals surface area contributed by atoms with E-state index in [1.165, 1.54) is 0 Å². The number of benzene rings is 2. The Bertz CT molecular complexity index is 457. The van der Waals surface area contributed by atoms with Gasteiger partial charge >= 0.3 is 0 Å². The molecule has 17 heavy (non-hydrogen) atoms. The number of carbonyl (C=O) groups is 2. The Balaban J connectivity index is 0.00000144.